The van der Waals surface area contributed by atoms with Crippen molar-refractivity contribution in [2.75, 3.05) is 4.90 Å². The molecule has 4 heterocycles. The van der Waals surface area contributed by atoms with E-state index >= 15 is 0 Å². The van der Waals surface area contributed by atoms with Gasteiger partial charge in [-0.05, 0) is 115 Å². The maximum absolute atomic E-state index is 12.8. The molecule has 14 nitrogen and oxygen atoms in total. The van der Waals surface area contributed by atoms with E-state index in [2.05, 4.69) is 99.4 Å². The van der Waals surface area contributed by atoms with Gasteiger partial charge in [-0.25, -0.2) is 4.98 Å². The fourth-order valence-corrected chi connectivity index (χ4v) is 7.34. The number of aromatic nitrogens is 4. The van der Waals surface area contributed by atoms with Crippen molar-refractivity contribution in [3.8, 4) is 51.2 Å². The van der Waals surface area contributed by atoms with Crippen molar-refractivity contribution in [1.29, 1.82) is 5.41 Å². The number of alkyl halides is 3. The van der Waals surface area contributed by atoms with Gasteiger partial charge < -0.3 is 30.3 Å². The molecule has 0 spiro atoms. The van der Waals surface area contributed by atoms with Crippen LogP contribution in [0.3, 0.4) is 0 Å². The van der Waals surface area contributed by atoms with Crippen molar-refractivity contribution in [2.24, 2.45) is 0 Å². The minimum Gasteiger partial charge on any atom is -0.753 e. The van der Waals surface area contributed by atoms with Crippen LogP contribution >= 0.6 is 12.2 Å². The van der Waals surface area contributed by atoms with Crippen LogP contribution in [0.5, 0.6) is 17.2 Å². The van der Waals surface area contributed by atoms with Crippen LogP contribution < -0.4 is 19.1 Å². The number of pyridine rings is 4. The van der Waals surface area contributed by atoms with E-state index in [9.17, 15) is 27.6 Å². The number of aryl methyl sites for hydroxylation is 2. The number of isothiocyanates is 1. The average molecular weight is 1120 g/mol. The summed E-state index contributed by atoms with van der Waals surface area (Å²) in [7, 11) is 0. The number of rotatable bonds is 22. The van der Waals surface area contributed by atoms with Gasteiger partial charge in [-0.3, -0.25) is 34.7 Å². The van der Waals surface area contributed by atoms with Crippen molar-refractivity contribution < 1.29 is 61.2 Å². The molecule has 0 fully saturated rings. The summed E-state index contributed by atoms with van der Waals surface area (Å²) in [6.45, 7) is 5.30. The van der Waals surface area contributed by atoms with Crippen molar-refractivity contribution in [1.82, 2.24) is 19.9 Å². The van der Waals surface area contributed by atoms with Crippen LogP contribution in [-0.4, -0.2) is 56.4 Å². The Hall–Kier alpha value is -8.11. The van der Waals surface area contributed by atoms with Gasteiger partial charge in [0.15, 0.2) is 0 Å². The number of carbonyl (C=O) groups excluding carboxylic acids is 3. The first kappa shape index (κ1) is 59.5. The molecule has 75 heavy (non-hydrogen) atoms. The smallest absolute Gasteiger partial charge is 0.753 e. The van der Waals surface area contributed by atoms with Gasteiger partial charge >= 0.3 is 25.7 Å². The van der Waals surface area contributed by atoms with Crippen molar-refractivity contribution >= 4 is 65.3 Å². The van der Waals surface area contributed by atoms with Gasteiger partial charge in [-0.15, -0.1) is 5.70 Å². The Morgan fingerprint density at radius 3 is 1.47 bits per heavy atom. The fourth-order valence-electron chi connectivity index (χ4n) is 7.34. The molecule has 386 valence electrons. The number of hydrogen-bond donors (Lipinski definition) is 1. The Bertz CT molecular complexity index is 2910. The summed E-state index contributed by atoms with van der Waals surface area (Å²) in [6.07, 6.45) is 9.36. The van der Waals surface area contributed by atoms with Crippen molar-refractivity contribution in [2.45, 2.75) is 71.4 Å². The van der Waals surface area contributed by atoms with E-state index in [4.69, 9.17) is 30.8 Å². The standard InChI is InChI=1S/C37H40F3N4.C18H11N3O6.CNS.Ru/c1-3-5-7-9-27-11-17-31(18-12-27)44(32-19-13-28(14-20-32)10-8-6-4-2)33-21-15-29(16-22-33)30-23-24-43-35(25-30)34(41)26-36(42)37(38,39)40;22-9-25-12-1-3-19-15(5-12)17-7-14(27-11-24)8-18(21-17)16-6-13(26-10-23)2-4-20-16;2-1-3;/h11-26,41-42H,3-10H2,1-2H3;1-11H;;/q-1;;-1;+2/b34-26-,42-36?;;;. The maximum atomic E-state index is 12.8. The van der Waals surface area contributed by atoms with Crippen LogP contribution in [0.15, 0.2) is 146 Å². The van der Waals surface area contributed by atoms with E-state index in [1.807, 2.05) is 24.3 Å². The van der Waals surface area contributed by atoms with E-state index in [1.54, 1.807) is 12.1 Å². The minimum absolute atomic E-state index is 0. The molecule has 0 radical (unpaired) electrons. The number of allylic oxidation sites excluding steroid dienone is 1. The van der Waals surface area contributed by atoms with Crippen LogP contribution in [0.1, 0.15) is 69.2 Å². The summed E-state index contributed by atoms with van der Waals surface area (Å²) < 4.78 is 53.0. The zero-order valence-corrected chi connectivity index (χ0v) is 43.3. The summed E-state index contributed by atoms with van der Waals surface area (Å²) >= 11 is 3.70. The fraction of sp³-hybridized carbons (Fsp3) is 0.196. The second-order valence-corrected chi connectivity index (χ2v) is 16.3. The van der Waals surface area contributed by atoms with E-state index in [0.717, 1.165) is 41.0 Å². The summed E-state index contributed by atoms with van der Waals surface area (Å²) in [4.78, 5) is 50.9. The van der Waals surface area contributed by atoms with E-state index in [0.29, 0.717) is 41.8 Å². The topological polar surface area (TPSA) is 204 Å². The molecule has 0 atom stereocenters. The second-order valence-electron chi connectivity index (χ2n) is 16.1. The van der Waals surface area contributed by atoms with Crippen molar-refractivity contribution in [3.05, 3.63) is 174 Å². The van der Waals surface area contributed by atoms with Gasteiger partial charge in [-0.1, -0.05) is 88.1 Å². The number of nitrogens with one attached hydrogen (secondary N) is 2. The largest absolute Gasteiger partial charge is 2.00 e. The Labute approximate surface area is 451 Å². The molecule has 0 amide bonds. The summed E-state index contributed by atoms with van der Waals surface area (Å²) in [6, 6.07) is 37.8. The number of ether oxygens (including phenoxy) is 3. The number of nitrogens with zero attached hydrogens (tertiary/aromatic N) is 6. The van der Waals surface area contributed by atoms with Crippen LogP contribution in [0.25, 0.3) is 50.7 Å². The van der Waals surface area contributed by atoms with Gasteiger partial charge in [0.1, 0.15) is 23.0 Å². The molecule has 0 aliphatic heterocycles. The molecule has 0 saturated carbocycles. The quantitative estimate of drug-likeness (QED) is 0.0221. The molecule has 3 aromatic carbocycles. The first-order valence-electron chi connectivity index (χ1n) is 23.3. The van der Waals surface area contributed by atoms with Gasteiger partial charge in [0.05, 0.1) is 22.8 Å². The minimum atomic E-state index is -4.81. The second kappa shape index (κ2) is 30.8. The molecule has 19 heteroatoms. The summed E-state index contributed by atoms with van der Waals surface area (Å²) in [5.41, 5.74) is 14.8. The van der Waals surface area contributed by atoms with Crippen LogP contribution in [0, 0.1) is 5.41 Å². The third kappa shape index (κ3) is 18.4. The monoisotopic (exact) mass is 1120 g/mol. The maximum Gasteiger partial charge on any atom is 2.00 e. The van der Waals surface area contributed by atoms with E-state index < -0.39 is 17.6 Å². The molecular weight excluding hydrogens is 1070 g/mol. The third-order valence-corrected chi connectivity index (χ3v) is 11.0. The first-order chi connectivity index (χ1) is 35.8. The Morgan fingerprint density at radius 2 is 1.04 bits per heavy atom. The number of hydrogen-bond acceptors (Lipinski definition) is 13. The Balaban J connectivity index is 0.000000335. The molecule has 4 aromatic heterocycles. The van der Waals surface area contributed by atoms with Crippen molar-refractivity contribution in [3.63, 3.8) is 0 Å². The molecule has 0 bridgehead atoms. The van der Waals surface area contributed by atoms with Gasteiger partial charge in [0.2, 0.25) is 0 Å². The number of anilines is 3. The van der Waals surface area contributed by atoms with Crippen LogP contribution in [-0.2, 0) is 46.7 Å². The normalized spacial score (nSPS) is 10.7. The van der Waals surface area contributed by atoms with Crippen LogP contribution in [0.4, 0.5) is 30.2 Å². The molecule has 0 saturated heterocycles. The zero-order chi connectivity index (χ0) is 53.3. The number of halogens is 3. The zero-order valence-electron chi connectivity index (χ0n) is 40.8. The Kier molecular flexibility index (Phi) is 24.4. The SMILES string of the molecule is CCCCCc1ccc(N(c2ccc(CCCCC)cc2)c2ccc(-c3ccnc(/C([NH-])=C/C(=N)C(F)(F)F)c3)cc2)cc1.O=COc1ccnc(-c2cc(OC=O)cc(-c3cc(OC=O)ccn3)n2)c1.[N-]=C=S.[Ru+2]. The van der Waals surface area contributed by atoms with Gasteiger partial charge in [0, 0.05) is 65.6 Å². The molecular formula is C56H51F3N8O6RuS. The molecule has 2 N–H and O–H groups in total. The average Bonchev–Trinajstić information content (AvgIpc) is 3.40. The number of thiocarbonyl (C=S) groups is 1. The number of carbonyl (C=O) groups is 3. The summed E-state index contributed by atoms with van der Waals surface area (Å²) in [5, 5.41) is 15.7. The molecule has 7 rings (SSSR count). The number of unbranched alkanes of at least 4 members (excludes halogenated alkanes) is 4. The van der Waals surface area contributed by atoms with Crippen LogP contribution in [0.2, 0.25) is 0 Å². The summed E-state index contributed by atoms with van der Waals surface area (Å²) in [5.74, 6) is 0.760. The third-order valence-electron chi connectivity index (χ3n) is 11.0. The predicted octanol–water partition coefficient (Wildman–Crippen LogP) is 14.1. The van der Waals surface area contributed by atoms with Gasteiger partial charge in [-0.2, -0.15) is 18.3 Å². The first-order valence-corrected chi connectivity index (χ1v) is 23.7. The number of benzene rings is 3. The van der Waals surface area contributed by atoms with E-state index in [1.165, 1.54) is 110 Å². The predicted molar refractivity (Wildman–Crippen MR) is 284 cm³/mol. The van der Waals surface area contributed by atoms with E-state index in [-0.39, 0.29) is 48.9 Å². The molecule has 0 aliphatic rings. The molecule has 0 aliphatic carbocycles. The van der Waals surface area contributed by atoms with Gasteiger partial charge in [0.25, 0.3) is 19.4 Å². The molecule has 7 aromatic rings. The molecule has 0 unspecified atom stereocenters. The Morgan fingerprint density at radius 1 is 0.627 bits per heavy atom.